The molecule has 3 aromatic rings. The maximum Gasteiger partial charge on any atom is 0.119 e. The van der Waals surface area contributed by atoms with E-state index >= 15 is 0 Å². The molecule has 35 heavy (non-hydrogen) atoms. The van der Waals surface area contributed by atoms with E-state index in [1.54, 1.807) is 7.11 Å². The zero-order valence-corrected chi connectivity index (χ0v) is 20.4. The third-order valence-corrected chi connectivity index (χ3v) is 7.87. The SMILES string of the molecule is COc1ccc2c(c1)C1=C(c3ccc(O)cc3CC1)C2c1ccc(OCCN2CCCCC2)cc1. The van der Waals surface area contributed by atoms with Crippen molar-refractivity contribution in [3.05, 3.63) is 88.5 Å². The van der Waals surface area contributed by atoms with Gasteiger partial charge in [0.2, 0.25) is 0 Å². The number of allylic oxidation sites excluding steroid dienone is 2. The minimum Gasteiger partial charge on any atom is -0.508 e. The van der Waals surface area contributed by atoms with Crippen LogP contribution < -0.4 is 9.47 Å². The number of aromatic hydroxyl groups is 1. The standard InChI is InChI=1S/C31H33NO3/c1-34-25-11-14-27-29(20-25)28-12-7-22-19-23(33)8-13-26(22)31(28)30(27)21-5-9-24(10-6-21)35-18-17-32-15-3-2-4-16-32/h5-6,8-11,13-14,19-20,30,33H,2-4,7,12,15-18H2,1H3. The lowest BCUT2D eigenvalue weighted by Gasteiger charge is -2.26. The number of phenolic OH excluding ortho intramolecular Hbond substituents is 1. The summed E-state index contributed by atoms with van der Waals surface area (Å²) in [6.07, 6.45) is 5.89. The Morgan fingerprint density at radius 2 is 1.66 bits per heavy atom. The quantitative estimate of drug-likeness (QED) is 0.464. The van der Waals surface area contributed by atoms with Gasteiger partial charge in [-0.15, -0.1) is 0 Å². The molecule has 1 fully saturated rings. The van der Waals surface area contributed by atoms with Gasteiger partial charge in [-0.25, -0.2) is 0 Å². The smallest absolute Gasteiger partial charge is 0.119 e. The molecule has 2 aliphatic carbocycles. The van der Waals surface area contributed by atoms with E-state index < -0.39 is 0 Å². The highest BCUT2D eigenvalue weighted by molar-refractivity contribution is 6.03. The Labute approximate surface area is 207 Å². The van der Waals surface area contributed by atoms with Crippen molar-refractivity contribution in [2.75, 3.05) is 33.4 Å². The fourth-order valence-electron chi connectivity index (χ4n) is 6.13. The molecule has 0 bridgehead atoms. The van der Waals surface area contributed by atoms with E-state index in [-0.39, 0.29) is 5.92 Å². The summed E-state index contributed by atoms with van der Waals surface area (Å²) in [5.41, 5.74) is 9.15. The zero-order valence-electron chi connectivity index (χ0n) is 20.4. The fourth-order valence-corrected chi connectivity index (χ4v) is 6.13. The van der Waals surface area contributed by atoms with Gasteiger partial charge in [0.15, 0.2) is 0 Å². The number of ether oxygens (including phenoxy) is 2. The Hall–Kier alpha value is -3.24. The predicted molar refractivity (Wildman–Crippen MR) is 140 cm³/mol. The molecule has 0 aromatic heterocycles. The average Bonchev–Trinajstić information content (AvgIpc) is 3.23. The monoisotopic (exact) mass is 467 g/mol. The first-order valence-corrected chi connectivity index (χ1v) is 12.9. The number of nitrogens with zero attached hydrogens (tertiary/aromatic N) is 1. The first kappa shape index (κ1) is 22.2. The maximum atomic E-state index is 10.1. The number of hydrogen-bond acceptors (Lipinski definition) is 4. The topological polar surface area (TPSA) is 41.9 Å². The van der Waals surface area contributed by atoms with Gasteiger partial charge in [0.1, 0.15) is 23.9 Å². The molecule has 1 N–H and O–H groups in total. The highest BCUT2D eigenvalue weighted by Gasteiger charge is 2.36. The van der Waals surface area contributed by atoms with E-state index in [0.29, 0.717) is 5.75 Å². The summed E-state index contributed by atoms with van der Waals surface area (Å²) in [6, 6.07) is 21.0. The fraction of sp³-hybridized carbons (Fsp3) is 0.355. The number of phenols is 1. The molecule has 1 atom stereocenters. The number of methoxy groups -OCH3 is 1. The molecular formula is C31H33NO3. The highest BCUT2D eigenvalue weighted by Crippen LogP contribution is 2.55. The second kappa shape index (κ2) is 9.43. The van der Waals surface area contributed by atoms with Crippen molar-refractivity contribution in [1.29, 1.82) is 0 Å². The number of hydrogen-bond donors (Lipinski definition) is 1. The van der Waals surface area contributed by atoms with Crippen LogP contribution in [0.15, 0.2) is 60.7 Å². The number of likely N-dealkylation sites (tertiary alicyclic amines) is 1. The van der Waals surface area contributed by atoms with Crippen molar-refractivity contribution in [1.82, 2.24) is 4.90 Å². The third-order valence-electron chi connectivity index (χ3n) is 7.87. The summed E-state index contributed by atoms with van der Waals surface area (Å²) < 4.78 is 11.7. The number of piperidine rings is 1. The molecule has 0 spiro atoms. The van der Waals surface area contributed by atoms with E-state index in [1.807, 2.05) is 12.1 Å². The molecular weight excluding hydrogens is 434 g/mol. The van der Waals surface area contributed by atoms with Crippen molar-refractivity contribution in [3.63, 3.8) is 0 Å². The molecule has 0 amide bonds. The highest BCUT2D eigenvalue weighted by atomic mass is 16.5. The van der Waals surface area contributed by atoms with Crippen LogP contribution >= 0.6 is 0 Å². The van der Waals surface area contributed by atoms with E-state index in [0.717, 1.165) is 37.5 Å². The Morgan fingerprint density at radius 3 is 2.46 bits per heavy atom. The zero-order chi connectivity index (χ0) is 23.8. The Morgan fingerprint density at radius 1 is 0.857 bits per heavy atom. The van der Waals surface area contributed by atoms with Crippen LogP contribution in [-0.2, 0) is 6.42 Å². The predicted octanol–water partition coefficient (Wildman–Crippen LogP) is 6.27. The number of fused-ring (bicyclic) bond motifs is 4. The van der Waals surface area contributed by atoms with Crippen molar-refractivity contribution in [3.8, 4) is 17.2 Å². The second-order valence-electron chi connectivity index (χ2n) is 9.94. The van der Waals surface area contributed by atoms with Gasteiger partial charge in [0.25, 0.3) is 0 Å². The number of rotatable bonds is 6. The van der Waals surface area contributed by atoms with Crippen molar-refractivity contribution in [2.45, 2.75) is 38.0 Å². The maximum absolute atomic E-state index is 10.1. The van der Waals surface area contributed by atoms with Crippen LogP contribution in [0, 0.1) is 0 Å². The molecule has 1 saturated heterocycles. The van der Waals surface area contributed by atoms with Crippen molar-refractivity contribution in [2.24, 2.45) is 0 Å². The van der Waals surface area contributed by atoms with Gasteiger partial charge in [-0.05, 0) is 114 Å². The first-order valence-electron chi connectivity index (χ1n) is 12.9. The summed E-state index contributed by atoms with van der Waals surface area (Å²) in [4.78, 5) is 2.51. The molecule has 6 rings (SSSR count). The Kier molecular flexibility index (Phi) is 5.99. The lowest BCUT2D eigenvalue weighted by Crippen LogP contribution is -2.33. The summed E-state index contributed by atoms with van der Waals surface area (Å²) in [5.74, 6) is 2.33. The molecule has 3 aromatic carbocycles. The molecule has 0 radical (unpaired) electrons. The molecule has 4 nitrogen and oxygen atoms in total. The van der Waals surface area contributed by atoms with Crippen LogP contribution in [0.25, 0.3) is 11.1 Å². The second-order valence-corrected chi connectivity index (χ2v) is 9.94. The van der Waals surface area contributed by atoms with Crippen LogP contribution in [0.2, 0.25) is 0 Å². The van der Waals surface area contributed by atoms with Crippen LogP contribution in [0.3, 0.4) is 0 Å². The summed E-state index contributed by atoms with van der Waals surface area (Å²) >= 11 is 0. The summed E-state index contributed by atoms with van der Waals surface area (Å²) in [6.45, 7) is 4.13. The Balaban J connectivity index is 1.30. The van der Waals surface area contributed by atoms with Gasteiger partial charge in [-0.2, -0.15) is 0 Å². The normalized spacial score (nSPS) is 19.2. The van der Waals surface area contributed by atoms with Crippen LogP contribution in [0.1, 0.15) is 59.4 Å². The summed E-state index contributed by atoms with van der Waals surface area (Å²) in [7, 11) is 1.73. The Bertz CT molecular complexity index is 1250. The number of aryl methyl sites for hydroxylation is 1. The summed E-state index contributed by atoms with van der Waals surface area (Å²) in [5, 5.41) is 10.1. The lowest BCUT2D eigenvalue weighted by molar-refractivity contribution is 0.183. The molecule has 1 unspecified atom stereocenters. The van der Waals surface area contributed by atoms with Gasteiger partial charge in [0.05, 0.1) is 7.11 Å². The van der Waals surface area contributed by atoms with E-state index in [2.05, 4.69) is 53.4 Å². The minimum atomic E-state index is 0.164. The van der Waals surface area contributed by atoms with E-state index in [9.17, 15) is 5.11 Å². The van der Waals surface area contributed by atoms with Gasteiger partial charge >= 0.3 is 0 Å². The third kappa shape index (κ3) is 4.21. The largest absolute Gasteiger partial charge is 0.508 e. The van der Waals surface area contributed by atoms with Crippen molar-refractivity contribution < 1.29 is 14.6 Å². The van der Waals surface area contributed by atoms with Crippen LogP contribution in [0.5, 0.6) is 17.2 Å². The molecule has 1 aliphatic heterocycles. The van der Waals surface area contributed by atoms with Crippen LogP contribution in [0.4, 0.5) is 0 Å². The van der Waals surface area contributed by atoms with E-state index in [4.69, 9.17) is 9.47 Å². The van der Waals surface area contributed by atoms with Gasteiger partial charge in [-0.3, -0.25) is 4.90 Å². The molecule has 0 saturated carbocycles. The van der Waals surface area contributed by atoms with E-state index in [1.165, 1.54) is 71.3 Å². The van der Waals surface area contributed by atoms with Crippen molar-refractivity contribution >= 4 is 11.1 Å². The average molecular weight is 468 g/mol. The van der Waals surface area contributed by atoms with Gasteiger partial charge in [0, 0.05) is 12.5 Å². The molecule has 180 valence electrons. The lowest BCUT2D eigenvalue weighted by atomic mass is 9.80. The van der Waals surface area contributed by atoms with Gasteiger partial charge in [-0.1, -0.05) is 30.7 Å². The van der Waals surface area contributed by atoms with Crippen LogP contribution in [-0.4, -0.2) is 43.4 Å². The molecule has 1 heterocycles. The first-order chi connectivity index (χ1) is 17.2. The van der Waals surface area contributed by atoms with Gasteiger partial charge < -0.3 is 14.6 Å². The number of benzene rings is 3. The molecule has 3 aliphatic rings. The molecule has 4 heteroatoms. The minimum absolute atomic E-state index is 0.164.